The fourth-order valence-corrected chi connectivity index (χ4v) is 2.08. The summed E-state index contributed by atoms with van der Waals surface area (Å²) >= 11 is 0. The minimum Gasteiger partial charge on any atom is -0.376 e. The van der Waals surface area contributed by atoms with Gasteiger partial charge in [-0.2, -0.15) is 0 Å². The van der Waals surface area contributed by atoms with E-state index in [9.17, 15) is 4.79 Å². The van der Waals surface area contributed by atoms with Crippen molar-refractivity contribution in [3.63, 3.8) is 0 Å². The van der Waals surface area contributed by atoms with Gasteiger partial charge in [0.15, 0.2) is 12.6 Å². The van der Waals surface area contributed by atoms with Crippen LogP contribution in [0.5, 0.6) is 0 Å². The van der Waals surface area contributed by atoms with Gasteiger partial charge >= 0.3 is 0 Å². The van der Waals surface area contributed by atoms with Crippen LogP contribution in [0.4, 0.5) is 0 Å². The number of methoxy groups -OCH3 is 2. The first-order valence-corrected chi connectivity index (χ1v) is 6.13. The molecule has 0 radical (unpaired) electrons. The highest BCUT2D eigenvalue weighted by molar-refractivity contribution is 5.77. The maximum atomic E-state index is 11.0. The summed E-state index contributed by atoms with van der Waals surface area (Å²) in [6.07, 6.45) is -0.134. The largest absolute Gasteiger partial charge is 0.376 e. The molecule has 2 atom stereocenters. The van der Waals surface area contributed by atoms with Crippen molar-refractivity contribution in [3.8, 4) is 0 Å². The molecule has 1 aromatic rings. The molecule has 0 aromatic heterocycles. The molecule has 2 rings (SSSR count). The maximum absolute atomic E-state index is 11.0. The van der Waals surface area contributed by atoms with Crippen molar-refractivity contribution < 1.29 is 23.7 Å². The molecule has 0 amide bonds. The van der Waals surface area contributed by atoms with Gasteiger partial charge in [0.25, 0.3) is 0 Å². The SMILES string of the molecule is CO[C@H]1COC(c2ccccc2C=O)OC[C@@H]1OC. The van der Waals surface area contributed by atoms with Gasteiger partial charge in [-0.05, 0) is 0 Å². The Labute approximate surface area is 112 Å². The number of carbonyl (C=O) groups is 1. The smallest absolute Gasteiger partial charge is 0.184 e. The molecule has 1 fully saturated rings. The Morgan fingerprint density at radius 1 is 1.11 bits per heavy atom. The number of carbonyl (C=O) groups excluding carboxylic acids is 1. The standard InChI is InChI=1S/C14H18O5/c1-16-12-8-18-14(19-9-13(12)17-2)11-6-4-3-5-10(11)7-15/h3-7,12-14H,8-9H2,1-2H3/t12-,13-/m0/s1. The lowest BCUT2D eigenvalue weighted by atomic mass is 10.1. The van der Waals surface area contributed by atoms with Crippen molar-refractivity contribution in [3.05, 3.63) is 35.4 Å². The fourth-order valence-electron chi connectivity index (χ4n) is 2.08. The Morgan fingerprint density at radius 2 is 1.68 bits per heavy atom. The van der Waals surface area contributed by atoms with E-state index in [1.54, 1.807) is 26.4 Å². The van der Waals surface area contributed by atoms with Gasteiger partial charge in [0, 0.05) is 25.3 Å². The van der Waals surface area contributed by atoms with E-state index in [1.165, 1.54) is 0 Å². The van der Waals surface area contributed by atoms with Crippen LogP contribution in [0, 0.1) is 0 Å². The zero-order valence-corrected chi connectivity index (χ0v) is 11.1. The molecule has 5 heteroatoms. The second kappa shape index (κ2) is 6.77. The molecule has 0 aliphatic carbocycles. The van der Waals surface area contributed by atoms with Gasteiger partial charge in [-0.1, -0.05) is 24.3 Å². The van der Waals surface area contributed by atoms with E-state index in [2.05, 4.69) is 0 Å². The number of hydrogen-bond acceptors (Lipinski definition) is 5. The second-order valence-corrected chi connectivity index (χ2v) is 4.29. The molecule has 1 aromatic carbocycles. The molecular weight excluding hydrogens is 248 g/mol. The molecule has 0 bridgehead atoms. The van der Waals surface area contributed by atoms with Crippen LogP contribution in [0.3, 0.4) is 0 Å². The van der Waals surface area contributed by atoms with Crippen LogP contribution in [-0.2, 0) is 18.9 Å². The summed E-state index contributed by atoms with van der Waals surface area (Å²) in [5.41, 5.74) is 1.29. The van der Waals surface area contributed by atoms with Gasteiger partial charge in [0.2, 0.25) is 0 Å². The molecule has 0 spiro atoms. The minimum atomic E-state index is -0.570. The number of rotatable bonds is 4. The van der Waals surface area contributed by atoms with Crippen LogP contribution in [-0.4, -0.2) is 45.9 Å². The number of aldehydes is 1. The van der Waals surface area contributed by atoms with E-state index in [4.69, 9.17) is 18.9 Å². The third-order valence-corrected chi connectivity index (χ3v) is 3.22. The maximum Gasteiger partial charge on any atom is 0.184 e. The molecule has 5 nitrogen and oxygen atoms in total. The summed E-state index contributed by atoms with van der Waals surface area (Å²) in [4.78, 5) is 11.0. The lowest BCUT2D eigenvalue weighted by Gasteiger charge is -2.20. The number of ether oxygens (including phenoxy) is 4. The number of hydrogen-bond donors (Lipinski definition) is 0. The highest BCUT2D eigenvalue weighted by Crippen LogP contribution is 2.26. The van der Waals surface area contributed by atoms with Crippen molar-refractivity contribution in [2.75, 3.05) is 27.4 Å². The molecule has 19 heavy (non-hydrogen) atoms. The normalized spacial score (nSPS) is 24.9. The van der Waals surface area contributed by atoms with Crippen LogP contribution in [0.15, 0.2) is 24.3 Å². The predicted molar refractivity (Wildman–Crippen MR) is 68.1 cm³/mol. The van der Waals surface area contributed by atoms with Gasteiger partial charge < -0.3 is 18.9 Å². The van der Waals surface area contributed by atoms with Gasteiger partial charge in [-0.25, -0.2) is 0 Å². The third-order valence-electron chi connectivity index (χ3n) is 3.22. The van der Waals surface area contributed by atoms with E-state index in [0.29, 0.717) is 18.8 Å². The van der Waals surface area contributed by atoms with E-state index in [1.807, 2.05) is 12.1 Å². The average Bonchev–Trinajstić information content (AvgIpc) is 2.68. The molecule has 1 aliphatic rings. The van der Waals surface area contributed by atoms with Gasteiger partial charge in [-0.15, -0.1) is 0 Å². The summed E-state index contributed by atoms with van der Waals surface area (Å²) in [6, 6.07) is 7.21. The van der Waals surface area contributed by atoms with Crippen LogP contribution in [0.1, 0.15) is 22.2 Å². The monoisotopic (exact) mass is 266 g/mol. The Bertz CT molecular complexity index is 406. The van der Waals surface area contributed by atoms with E-state index < -0.39 is 6.29 Å². The molecule has 0 N–H and O–H groups in total. The first-order valence-electron chi connectivity index (χ1n) is 6.13. The summed E-state index contributed by atoms with van der Waals surface area (Å²) in [6.45, 7) is 0.708. The Hall–Kier alpha value is -1.27. The van der Waals surface area contributed by atoms with E-state index in [-0.39, 0.29) is 12.2 Å². The Kier molecular flexibility index (Phi) is 5.04. The summed E-state index contributed by atoms with van der Waals surface area (Å²) in [7, 11) is 3.22. The van der Waals surface area contributed by atoms with Gasteiger partial charge in [0.05, 0.1) is 13.2 Å². The van der Waals surface area contributed by atoms with Crippen molar-refractivity contribution in [2.24, 2.45) is 0 Å². The fraction of sp³-hybridized carbons (Fsp3) is 0.500. The predicted octanol–water partition coefficient (Wildman–Crippen LogP) is 1.57. The minimum absolute atomic E-state index is 0.182. The van der Waals surface area contributed by atoms with Gasteiger partial charge in [-0.3, -0.25) is 4.79 Å². The van der Waals surface area contributed by atoms with E-state index >= 15 is 0 Å². The van der Waals surface area contributed by atoms with Crippen molar-refractivity contribution in [1.29, 1.82) is 0 Å². The lowest BCUT2D eigenvalue weighted by Crippen LogP contribution is -2.34. The first kappa shape index (κ1) is 14.1. The molecule has 104 valence electrons. The summed E-state index contributed by atoms with van der Waals surface area (Å²) < 4.78 is 22.0. The van der Waals surface area contributed by atoms with Crippen LogP contribution in [0.2, 0.25) is 0 Å². The van der Waals surface area contributed by atoms with Crippen LogP contribution >= 0.6 is 0 Å². The molecule has 1 aliphatic heterocycles. The zero-order valence-electron chi connectivity index (χ0n) is 11.1. The second-order valence-electron chi connectivity index (χ2n) is 4.29. The topological polar surface area (TPSA) is 54.0 Å². The quantitative estimate of drug-likeness (QED) is 0.774. The third kappa shape index (κ3) is 3.19. The highest BCUT2D eigenvalue weighted by atomic mass is 16.7. The first-order chi connectivity index (χ1) is 9.30. The average molecular weight is 266 g/mol. The summed E-state index contributed by atoms with van der Waals surface area (Å²) in [5, 5.41) is 0. The van der Waals surface area contributed by atoms with Crippen molar-refractivity contribution in [2.45, 2.75) is 18.5 Å². The van der Waals surface area contributed by atoms with Crippen molar-refractivity contribution in [1.82, 2.24) is 0 Å². The number of benzene rings is 1. The Balaban J connectivity index is 2.16. The zero-order chi connectivity index (χ0) is 13.7. The molecule has 0 saturated carbocycles. The van der Waals surface area contributed by atoms with Crippen molar-refractivity contribution >= 4 is 6.29 Å². The summed E-state index contributed by atoms with van der Waals surface area (Å²) in [5.74, 6) is 0. The molecule has 1 heterocycles. The Morgan fingerprint density at radius 3 is 2.21 bits per heavy atom. The molecule has 1 saturated heterocycles. The van der Waals surface area contributed by atoms with Crippen LogP contribution in [0.25, 0.3) is 0 Å². The molecular formula is C14H18O5. The lowest BCUT2D eigenvalue weighted by molar-refractivity contribution is -0.139. The highest BCUT2D eigenvalue weighted by Gasteiger charge is 2.30. The van der Waals surface area contributed by atoms with Gasteiger partial charge in [0.1, 0.15) is 12.2 Å². The molecule has 0 unspecified atom stereocenters. The van der Waals surface area contributed by atoms with Crippen LogP contribution < -0.4 is 0 Å². The van der Waals surface area contributed by atoms with E-state index in [0.717, 1.165) is 11.8 Å².